The monoisotopic (exact) mass is 221 g/mol. The summed E-state index contributed by atoms with van der Waals surface area (Å²) in [5.74, 6) is 0. The van der Waals surface area contributed by atoms with Gasteiger partial charge < -0.3 is 25.0 Å². The Balaban J connectivity index is 3.35. The predicted molar refractivity (Wildman–Crippen MR) is 57.9 cm³/mol. The highest BCUT2D eigenvalue weighted by atomic mass is 16.5. The minimum atomic E-state index is -0.539. The van der Waals surface area contributed by atoms with Crippen molar-refractivity contribution in [2.75, 3.05) is 40.1 Å². The molecule has 0 radical (unpaired) electrons. The van der Waals surface area contributed by atoms with Gasteiger partial charge in [0.2, 0.25) is 0 Å². The summed E-state index contributed by atoms with van der Waals surface area (Å²) in [4.78, 5) is 0. The van der Waals surface area contributed by atoms with Crippen LogP contribution in [-0.4, -0.2) is 62.4 Å². The third-order valence-corrected chi connectivity index (χ3v) is 2.10. The molecule has 5 nitrogen and oxygen atoms in total. The molecule has 0 bridgehead atoms. The number of rotatable bonds is 10. The fraction of sp³-hybridized carbons (Fsp3) is 1.00. The summed E-state index contributed by atoms with van der Waals surface area (Å²) in [6.45, 7) is 3.83. The van der Waals surface area contributed by atoms with Crippen molar-refractivity contribution in [1.29, 1.82) is 0 Å². The van der Waals surface area contributed by atoms with Crippen molar-refractivity contribution in [2.24, 2.45) is 0 Å². The molecule has 5 heteroatoms. The van der Waals surface area contributed by atoms with Gasteiger partial charge in [-0.05, 0) is 6.42 Å². The standard InChI is InChI=1S/C10H23NO4/c1-3-9(7-12)11-6-10(13)8-15-5-4-14-2/h9-13H,3-8H2,1-2H3. The molecule has 0 aromatic rings. The lowest BCUT2D eigenvalue weighted by Gasteiger charge is -2.17. The molecule has 92 valence electrons. The van der Waals surface area contributed by atoms with Crippen molar-refractivity contribution in [3.8, 4) is 0 Å². The molecule has 0 aliphatic rings. The second-order valence-electron chi connectivity index (χ2n) is 3.42. The van der Waals surface area contributed by atoms with E-state index in [2.05, 4.69) is 5.32 Å². The molecule has 0 heterocycles. The molecule has 0 amide bonds. The van der Waals surface area contributed by atoms with Crippen LogP contribution in [0.5, 0.6) is 0 Å². The van der Waals surface area contributed by atoms with Crippen LogP contribution in [-0.2, 0) is 9.47 Å². The summed E-state index contributed by atoms with van der Waals surface area (Å²) in [7, 11) is 1.61. The van der Waals surface area contributed by atoms with Crippen molar-refractivity contribution < 1.29 is 19.7 Å². The molecule has 0 rings (SSSR count). The second-order valence-corrected chi connectivity index (χ2v) is 3.42. The molecule has 0 aromatic heterocycles. The quantitative estimate of drug-likeness (QED) is 0.429. The van der Waals surface area contributed by atoms with Crippen LogP contribution < -0.4 is 5.32 Å². The lowest BCUT2D eigenvalue weighted by Crippen LogP contribution is -2.39. The Morgan fingerprint density at radius 3 is 2.60 bits per heavy atom. The van der Waals surface area contributed by atoms with Crippen LogP contribution in [0.2, 0.25) is 0 Å². The van der Waals surface area contributed by atoms with Crippen LogP contribution in [0.1, 0.15) is 13.3 Å². The predicted octanol–water partition coefficient (Wildman–Crippen LogP) is -0.629. The first-order valence-corrected chi connectivity index (χ1v) is 5.33. The van der Waals surface area contributed by atoms with Gasteiger partial charge in [-0.2, -0.15) is 0 Å². The summed E-state index contributed by atoms with van der Waals surface area (Å²) in [5, 5.41) is 21.4. The average molecular weight is 221 g/mol. The summed E-state index contributed by atoms with van der Waals surface area (Å²) in [6, 6.07) is 0.0543. The normalized spacial score (nSPS) is 15.2. The molecular weight excluding hydrogens is 198 g/mol. The summed E-state index contributed by atoms with van der Waals surface area (Å²) in [5.41, 5.74) is 0. The third kappa shape index (κ3) is 8.77. The van der Waals surface area contributed by atoms with Crippen LogP contribution in [0.15, 0.2) is 0 Å². The molecule has 15 heavy (non-hydrogen) atoms. The zero-order chi connectivity index (χ0) is 11.5. The van der Waals surface area contributed by atoms with E-state index >= 15 is 0 Å². The van der Waals surface area contributed by atoms with Gasteiger partial charge in [0.1, 0.15) is 0 Å². The number of methoxy groups -OCH3 is 1. The summed E-state index contributed by atoms with van der Waals surface area (Å²) < 4.78 is 9.96. The van der Waals surface area contributed by atoms with Crippen molar-refractivity contribution >= 4 is 0 Å². The molecule has 0 aliphatic carbocycles. The van der Waals surface area contributed by atoms with Crippen LogP contribution >= 0.6 is 0 Å². The van der Waals surface area contributed by atoms with E-state index in [1.54, 1.807) is 7.11 Å². The fourth-order valence-corrected chi connectivity index (χ4v) is 1.06. The summed E-state index contributed by atoms with van der Waals surface area (Å²) in [6.07, 6.45) is 0.302. The molecular formula is C10H23NO4. The highest BCUT2D eigenvalue weighted by molar-refractivity contribution is 4.66. The molecule has 2 unspecified atom stereocenters. The first-order valence-electron chi connectivity index (χ1n) is 5.33. The lowest BCUT2D eigenvalue weighted by atomic mass is 10.2. The minimum absolute atomic E-state index is 0.0543. The van der Waals surface area contributed by atoms with Crippen LogP contribution in [0.3, 0.4) is 0 Å². The smallest absolute Gasteiger partial charge is 0.0897 e. The van der Waals surface area contributed by atoms with Crippen LogP contribution in [0.4, 0.5) is 0 Å². The largest absolute Gasteiger partial charge is 0.395 e. The van der Waals surface area contributed by atoms with E-state index < -0.39 is 6.10 Å². The molecule has 0 saturated carbocycles. The molecule has 0 fully saturated rings. The van der Waals surface area contributed by atoms with Gasteiger partial charge in [-0.3, -0.25) is 0 Å². The molecule has 2 atom stereocenters. The van der Waals surface area contributed by atoms with Gasteiger partial charge in [0.15, 0.2) is 0 Å². The average Bonchev–Trinajstić information content (AvgIpc) is 2.26. The Bertz CT molecular complexity index is 131. The van der Waals surface area contributed by atoms with E-state index in [9.17, 15) is 5.11 Å². The lowest BCUT2D eigenvalue weighted by molar-refractivity contribution is 0.0122. The maximum atomic E-state index is 9.48. The highest BCUT2D eigenvalue weighted by Gasteiger charge is 2.08. The number of aliphatic hydroxyl groups excluding tert-OH is 2. The molecule has 0 spiro atoms. The van der Waals surface area contributed by atoms with Gasteiger partial charge in [-0.15, -0.1) is 0 Å². The highest BCUT2D eigenvalue weighted by Crippen LogP contribution is 1.90. The van der Waals surface area contributed by atoms with Crippen molar-refractivity contribution in [2.45, 2.75) is 25.5 Å². The number of hydrogen-bond acceptors (Lipinski definition) is 5. The Kier molecular flexibility index (Phi) is 10.2. The van der Waals surface area contributed by atoms with Crippen molar-refractivity contribution in [1.82, 2.24) is 5.32 Å². The minimum Gasteiger partial charge on any atom is -0.395 e. The van der Waals surface area contributed by atoms with Crippen molar-refractivity contribution in [3.05, 3.63) is 0 Å². The summed E-state index contributed by atoms with van der Waals surface area (Å²) >= 11 is 0. The van der Waals surface area contributed by atoms with E-state index in [1.165, 1.54) is 0 Å². The van der Waals surface area contributed by atoms with Gasteiger partial charge in [0.25, 0.3) is 0 Å². The molecule has 0 saturated heterocycles. The number of aliphatic hydroxyl groups is 2. The van der Waals surface area contributed by atoms with Gasteiger partial charge in [0.05, 0.1) is 32.5 Å². The third-order valence-electron chi connectivity index (χ3n) is 2.10. The first-order chi connectivity index (χ1) is 7.24. The van der Waals surface area contributed by atoms with Crippen LogP contribution in [0, 0.1) is 0 Å². The van der Waals surface area contributed by atoms with Gasteiger partial charge >= 0.3 is 0 Å². The first kappa shape index (κ1) is 14.8. The Morgan fingerprint density at radius 2 is 2.07 bits per heavy atom. The van der Waals surface area contributed by atoms with Gasteiger partial charge in [0, 0.05) is 19.7 Å². The van der Waals surface area contributed by atoms with E-state index in [0.29, 0.717) is 19.8 Å². The van der Waals surface area contributed by atoms with Crippen LogP contribution in [0.25, 0.3) is 0 Å². The zero-order valence-electron chi connectivity index (χ0n) is 9.61. The maximum Gasteiger partial charge on any atom is 0.0897 e. The van der Waals surface area contributed by atoms with Gasteiger partial charge in [-0.1, -0.05) is 6.92 Å². The topological polar surface area (TPSA) is 71.0 Å². The van der Waals surface area contributed by atoms with E-state index in [-0.39, 0.29) is 19.3 Å². The van der Waals surface area contributed by atoms with Crippen molar-refractivity contribution in [3.63, 3.8) is 0 Å². The molecule has 0 aliphatic heterocycles. The molecule has 3 N–H and O–H groups in total. The number of ether oxygens (including phenoxy) is 2. The van der Waals surface area contributed by atoms with E-state index in [4.69, 9.17) is 14.6 Å². The maximum absolute atomic E-state index is 9.48. The zero-order valence-corrected chi connectivity index (χ0v) is 9.61. The number of nitrogens with one attached hydrogen (secondary N) is 1. The number of hydrogen-bond donors (Lipinski definition) is 3. The fourth-order valence-electron chi connectivity index (χ4n) is 1.06. The Labute approximate surface area is 91.4 Å². The SMILES string of the molecule is CCC(CO)NCC(O)COCCOC. The molecule has 0 aromatic carbocycles. The Hall–Kier alpha value is -0.200. The Morgan fingerprint density at radius 1 is 1.33 bits per heavy atom. The van der Waals surface area contributed by atoms with Gasteiger partial charge in [-0.25, -0.2) is 0 Å². The van der Waals surface area contributed by atoms with E-state index in [0.717, 1.165) is 6.42 Å². The second kappa shape index (κ2) is 10.3. The van der Waals surface area contributed by atoms with E-state index in [1.807, 2.05) is 6.92 Å².